The lowest BCUT2D eigenvalue weighted by molar-refractivity contribution is -0.134. The number of alkyl halides is 4. The van der Waals surface area contributed by atoms with Gasteiger partial charge in [-0.05, 0) is 0 Å². The van der Waals surface area contributed by atoms with Crippen molar-refractivity contribution < 1.29 is 22.4 Å². The minimum absolute atomic E-state index is 2.14. The van der Waals surface area contributed by atoms with Crippen LogP contribution in [0.15, 0.2) is 0 Å². The van der Waals surface area contributed by atoms with Gasteiger partial charge in [0.25, 0.3) is 0 Å². The van der Waals surface area contributed by atoms with Crippen LogP contribution in [0.1, 0.15) is 0 Å². The molecule has 1 fully saturated rings. The number of rotatable bonds is 0. The van der Waals surface area contributed by atoms with E-state index in [1.807, 2.05) is 0 Å². The summed E-state index contributed by atoms with van der Waals surface area (Å²) in [6.45, 7) is -4.05. The highest BCUT2D eigenvalue weighted by atomic mass is 35.7. The van der Waals surface area contributed by atoms with Crippen molar-refractivity contribution in [3.05, 3.63) is 0 Å². The van der Waals surface area contributed by atoms with Crippen molar-refractivity contribution in [3.8, 4) is 0 Å². The van der Waals surface area contributed by atoms with E-state index in [2.05, 4.69) is 9.05 Å². The molecule has 0 radical (unpaired) electrons. The summed E-state index contributed by atoms with van der Waals surface area (Å²) in [5.74, 6) is -3.62. The first-order valence-corrected chi connectivity index (χ1v) is 5.90. The zero-order valence-corrected chi connectivity index (χ0v) is 8.38. The second kappa shape index (κ2) is 3.23. The lowest BCUT2D eigenvalue weighted by Crippen LogP contribution is -2.44. The monoisotopic (exact) mass is 260 g/mol. The second-order valence-electron chi connectivity index (χ2n) is 1.95. The minimum atomic E-state index is -4.05. The molecule has 0 N–H and O–H groups in total. The van der Waals surface area contributed by atoms with Crippen molar-refractivity contribution in [2.75, 3.05) is 0 Å². The first-order chi connectivity index (χ1) is 5.26. The standard InChI is InChI=1S/C3H2Cl3F2O3P/c4-1-3(7,8)2(5)11-12(6,9)10-1/h1-2H. The highest BCUT2D eigenvalue weighted by Crippen LogP contribution is 2.62. The Morgan fingerprint density at radius 1 is 1.25 bits per heavy atom. The average Bonchev–Trinajstić information content (AvgIpc) is 1.82. The summed E-state index contributed by atoms with van der Waals surface area (Å²) < 4.78 is 44.0. The molecule has 9 heteroatoms. The molecular weight excluding hydrogens is 259 g/mol. The van der Waals surface area contributed by atoms with Gasteiger partial charge in [-0.2, -0.15) is 8.78 Å². The molecule has 2 unspecified atom stereocenters. The van der Waals surface area contributed by atoms with Crippen LogP contribution in [0.4, 0.5) is 8.78 Å². The molecule has 1 aliphatic heterocycles. The van der Waals surface area contributed by atoms with Gasteiger partial charge < -0.3 is 0 Å². The van der Waals surface area contributed by atoms with Gasteiger partial charge in [0.1, 0.15) is 0 Å². The normalized spacial score (nSPS) is 47.4. The van der Waals surface area contributed by atoms with Crippen LogP contribution in [-0.2, 0) is 13.6 Å². The maximum Gasteiger partial charge on any atom is 0.427 e. The Hall–Kier alpha value is 0.880. The molecule has 1 heterocycles. The van der Waals surface area contributed by atoms with Crippen molar-refractivity contribution in [1.29, 1.82) is 0 Å². The molecule has 2 atom stereocenters. The lowest BCUT2D eigenvalue weighted by atomic mass is 10.4. The molecule has 1 aliphatic rings. The Morgan fingerprint density at radius 3 is 1.92 bits per heavy atom. The maximum atomic E-state index is 12.6. The van der Waals surface area contributed by atoms with Gasteiger partial charge in [-0.3, -0.25) is 9.05 Å². The predicted octanol–water partition coefficient (Wildman–Crippen LogP) is 3.15. The Labute approximate surface area is 81.2 Å². The molecule has 0 amide bonds. The van der Waals surface area contributed by atoms with Crippen LogP contribution in [0.2, 0.25) is 0 Å². The van der Waals surface area contributed by atoms with E-state index in [0.717, 1.165) is 0 Å². The van der Waals surface area contributed by atoms with E-state index in [1.54, 1.807) is 0 Å². The fourth-order valence-corrected chi connectivity index (χ4v) is 2.91. The van der Waals surface area contributed by atoms with Crippen LogP contribution in [0.5, 0.6) is 0 Å². The van der Waals surface area contributed by atoms with Gasteiger partial charge in [0, 0.05) is 11.2 Å². The largest absolute Gasteiger partial charge is 0.427 e. The minimum Gasteiger partial charge on any atom is -0.271 e. The van der Waals surface area contributed by atoms with Crippen LogP contribution in [-0.4, -0.2) is 17.0 Å². The Kier molecular flexibility index (Phi) is 2.95. The van der Waals surface area contributed by atoms with E-state index >= 15 is 0 Å². The molecule has 0 saturated carbocycles. The van der Waals surface area contributed by atoms with Crippen molar-refractivity contribution in [2.24, 2.45) is 0 Å². The third-order valence-electron chi connectivity index (χ3n) is 1.04. The molecule has 1 rings (SSSR count). The molecule has 72 valence electrons. The number of hydrogen-bond acceptors (Lipinski definition) is 3. The molecule has 12 heavy (non-hydrogen) atoms. The summed E-state index contributed by atoms with van der Waals surface area (Å²) in [6.07, 6.45) is 0. The van der Waals surface area contributed by atoms with Gasteiger partial charge in [0.2, 0.25) is 11.1 Å². The van der Waals surface area contributed by atoms with Crippen molar-refractivity contribution >= 4 is 41.4 Å². The topological polar surface area (TPSA) is 35.5 Å². The molecule has 0 bridgehead atoms. The van der Waals surface area contributed by atoms with Crippen molar-refractivity contribution in [3.63, 3.8) is 0 Å². The zero-order valence-electron chi connectivity index (χ0n) is 5.22. The molecule has 0 aromatic heterocycles. The van der Waals surface area contributed by atoms with Crippen LogP contribution in [0.3, 0.4) is 0 Å². The molecule has 0 aromatic rings. The first kappa shape index (κ1) is 11.0. The van der Waals surface area contributed by atoms with Gasteiger partial charge in [-0.1, -0.05) is 23.2 Å². The second-order valence-corrected chi connectivity index (χ2v) is 5.27. The maximum absolute atomic E-state index is 12.6. The third-order valence-corrected chi connectivity index (χ3v) is 3.45. The van der Waals surface area contributed by atoms with E-state index < -0.39 is 24.0 Å². The summed E-state index contributed by atoms with van der Waals surface area (Å²) in [6, 6.07) is 0. The van der Waals surface area contributed by atoms with Crippen LogP contribution < -0.4 is 0 Å². The Morgan fingerprint density at radius 2 is 1.58 bits per heavy atom. The molecule has 0 aromatic carbocycles. The number of halogens is 5. The summed E-state index contributed by atoms with van der Waals surface area (Å²) in [5.41, 5.74) is -4.28. The van der Waals surface area contributed by atoms with Gasteiger partial charge >= 0.3 is 12.9 Å². The first-order valence-electron chi connectivity index (χ1n) is 2.58. The molecular formula is C3H2Cl3F2O3P. The fourth-order valence-electron chi connectivity index (χ4n) is 0.489. The SMILES string of the molecule is O=P1(Cl)OC(Cl)C(F)(F)C(Cl)O1. The predicted molar refractivity (Wildman–Crippen MR) is 39.9 cm³/mol. The molecule has 3 nitrogen and oxygen atoms in total. The van der Waals surface area contributed by atoms with Crippen molar-refractivity contribution in [2.45, 2.75) is 17.0 Å². The fraction of sp³-hybridized carbons (Fsp3) is 1.00. The van der Waals surface area contributed by atoms with E-state index in [-0.39, 0.29) is 0 Å². The van der Waals surface area contributed by atoms with Crippen molar-refractivity contribution in [1.82, 2.24) is 0 Å². The van der Waals surface area contributed by atoms with Crippen LogP contribution in [0.25, 0.3) is 0 Å². The lowest BCUT2D eigenvalue weighted by Gasteiger charge is -2.32. The quantitative estimate of drug-likeness (QED) is 0.496. The molecule has 0 spiro atoms. The Balaban J connectivity index is 2.85. The van der Waals surface area contributed by atoms with Crippen LogP contribution in [0, 0.1) is 0 Å². The summed E-state index contributed by atoms with van der Waals surface area (Å²) in [7, 11) is 0. The highest BCUT2D eigenvalue weighted by molar-refractivity contribution is 7.81. The smallest absolute Gasteiger partial charge is 0.271 e. The highest BCUT2D eigenvalue weighted by Gasteiger charge is 2.57. The number of hydrogen-bond donors (Lipinski definition) is 0. The van der Waals surface area contributed by atoms with E-state index in [1.165, 1.54) is 0 Å². The van der Waals surface area contributed by atoms with E-state index in [4.69, 9.17) is 34.4 Å². The summed E-state index contributed by atoms with van der Waals surface area (Å²) >= 11 is 15.0. The van der Waals surface area contributed by atoms with Gasteiger partial charge in [-0.15, -0.1) is 0 Å². The Bertz CT molecular complexity index is 219. The summed E-state index contributed by atoms with van der Waals surface area (Å²) in [5, 5.41) is 0. The molecule has 1 saturated heterocycles. The van der Waals surface area contributed by atoms with Gasteiger partial charge in [0.05, 0.1) is 0 Å². The third kappa shape index (κ3) is 2.03. The zero-order chi connectivity index (χ0) is 9.57. The summed E-state index contributed by atoms with van der Waals surface area (Å²) in [4.78, 5) is 0. The van der Waals surface area contributed by atoms with Gasteiger partial charge in [-0.25, -0.2) is 4.57 Å². The molecule has 0 aliphatic carbocycles. The average molecular weight is 261 g/mol. The van der Waals surface area contributed by atoms with E-state index in [9.17, 15) is 13.3 Å². The van der Waals surface area contributed by atoms with Gasteiger partial charge in [0.15, 0.2) is 0 Å². The van der Waals surface area contributed by atoms with E-state index in [0.29, 0.717) is 0 Å². The van der Waals surface area contributed by atoms with Crippen LogP contribution >= 0.6 is 41.4 Å².